The van der Waals surface area contributed by atoms with Crippen LogP contribution in [-0.2, 0) is 0 Å². The summed E-state index contributed by atoms with van der Waals surface area (Å²) in [6.07, 6.45) is 0. The molecule has 0 aromatic carbocycles. The molecular formula is C12H18N6O. The van der Waals surface area contributed by atoms with E-state index in [4.69, 9.17) is 10.2 Å². The van der Waals surface area contributed by atoms with Gasteiger partial charge in [-0.25, -0.2) is 0 Å². The van der Waals surface area contributed by atoms with E-state index in [0.717, 1.165) is 11.5 Å². The van der Waals surface area contributed by atoms with E-state index in [0.29, 0.717) is 11.9 Å². The van der Waals surface area contributed by atoms with Crippen molar-refractivity contribution in [2.45, 2.75) is 19.9 Å². The number of furan rings is 1. The number of nitrogens with two attached hydrogens (primary N) is 1. The van der Waals surface area contributed by atoms with Gasteiger partial charge in [-0.3, -0.25) is 0 Å². The van der Waals surface area contributed by atoms with Gasteiger partial charge in [0, 0.05) is 14.1 Å². The Balaban J connectivity index is 2.18. The van der Waals surface area contributed by atoms with Crippen molar-refractivity contribution in [3.8, 4) is 0 Å². The van der Waals surface area contributed by atoms with Crippen molar-refractivity contribution >= 4 is 17.8 Å². The Labute approximate surface area is 111 Å². The highest BCUT2D eigenvalue weighted by molar-refractivity contribution is 5.41. The molecular weight excluding hydrogens is 244 g/mol. The van der Waals surface area contributed by atoms with E-state index in [2.05, 4.69) is 20.3 Å². The van der Waals surface area contributed by atoms with Gasteiger partial charge in [0.15, 0.2) is 0 Å². The van der Waals surface area contributed by atoms with Gasteiger partial charge in [-0.1, -0.05) is 0 Å². The van der Waals surface area contributed by atoms with Crippen LogP contribution in [0.4, 0.5) is 17.8 Å². The number of aromatic nitrogens is 3. The smallest absolute Gasteiger partial charge is 0.231 e. The topological polar surface area (TPSA) is 93.1 Å². The second kappa shape index (κ2) is 5.13. The molecule has 19 heavy (non-hydrogen) atoms. The molecule has 7 heteroatoms. The van der Waals surface area contributed by atoms with E-state index in [-0.39, 0.29) is 12.0 Å². The van der Waals surface area contributed by atoms with Crippen LogP contribution in [0.3, 0.4) is 0 Å². The number of nitrogens with zero attached hydrogens (tertiary/aromatic N) is 4. The first-order chi connectivity index (χ1) is 8.95. The fraction of sp³-hybridized carbons (Fsp3) is 0.417. The lowest BCUT2D eigenvalue weighted by Gasteiger charge is -2.14. The van der Waals surface area contributed by atoms with Gasteiger partial charge in [-0.05, 0) is 26.0 Å². The Morgan fingerprint density at radius 2 is 2.00 bits per heavy atom. The van der Waals surface area contributed by atoms with Crippen LogP contribution in [0.15, 0.2) is 16.5 Å². The van der Waals surface area contributed by atoms with Crippen LogP contribution in [-0.4, -0.2) is 29.0 Å². The van der Waals surface area contributed by atoms with Crippen molar-refractivity contribution in [2.24, 2.45) is 0 Å². The van der Waals surface area contributed by atoms with Crippen LogP contribution in [0.2, 0.25) is 0 Å². The van der Waals surface area contributed by atoms with Crippen LogP contribution < -0.4 is 16.0 Å². The molecule has 2 aromatic rings. The van der Waals surface area contributed by atoms with Gasteiger partial charge < -0.3 is 20.4 Å². The number of hydrogen-bond acceptors (Lipinski definition) is 7. The molecule has 0 spiro atoms. The van der Waals surface area contributed by atoms with E-state index < -0.39 is 0 Å². The fourth-order valence-electron chi connectivity index (χ4n) is 1.60. The average Bonchev–Trinajstić information content (AvgIpc) is 2.75. The first-order valence-electron chi connectivity index (χ1n) is 5.97. The molecule has 0 fully saturated rings. The van der Waals surface area contributed by atoms with Gasteiger partial charge in [0.1, 0.15) is 11.5 Å². The lowest BCUT2D eigenvalue weighted by atomic mass is 10.2. The fourth-order valence-corrected chi connectivity index (χ4v) is 1.60. The van der Waals surface area contributed by atoms with Crippen LogP contribution >= 0.6 is 0 Å². The first kappa shape index (κ1) is 13.1. The summed E-state index contributed by atoms with van der Waals surface area (Å²) in [6.45, 7) is 3.87. The molecule has 3 N–H and O–H groups in total. The minimum Gasteiger partial charge on any atom is -0.464 e. The SMILES string of the molecule is Cc1ccc(C(C)Nc2nc(N)nc(N(C)C)n2)o1. The molecule has 0 saturated carbocycles. The molecule has 102 valence electrons. The van der Waals surface area contributed by atoms with Gasteiger partial charge in [-0.15, -0.1) is 0 Å². The van der Waals surface area contributed by atoms with Crippen molar-refractivity contribution in [2.75, 3.05) is 30.0 Å². The van der Waals surface area contributed by atoms with Crippen molar-refractivity contribution in [3.63, 3.8) is 0 Å². The Kier molecular flexibility index (Phi) is 3.55. The third kappa shape index (κ3) is 3.12. The standard InChI is InChI=1S/C12H18N6O/c1-7-5-6-9(19-7)8(2)14-11-15-10(13)16-12(17-11)18(3)4/h5-6,8H,1-4H3,(H3,13,14,15,16,17). The monoisotopic (exact) mass is 262 g/mol. The summed E-state index contributed by atoms with van der Waals surface area (Å²) < 4.78 is 5.55. The third-order valence-corrected chi connectivity index (χ3v) is 2.57. The molecule has 2 rings (SSSR count). The molecule has 2 aromatic heterocycles. The minimum absolute atomic E-state index is 0.0505. The molecule has 0 saturated heterocycles. The molecule has 0 bridgehead atoms. The maximum absolute atomic E-state index is 5.66. The zero-order valence-corrected chi connectivity index (χ0v) is 11.5. The summed E-state index contributed by atoms with van der Waals surface area (Å²) in [5.41, 5.74) is 5.66. The van der Waals surface area contributed by atoms with Gasteiger partial charge in [0.2, 0.25) is 17.8 Å². The highest BCUT2D eigenvalue weighted by Gasteiger charge is 2.12. The number of nitrogen functional groups attached to an aromatic ring is 1. The van der Waals surface area contributed by atoms with Crippen LogP contribution in [0, 0.1) is 6.92 Å². The zero-order chi connectivity index (χ0) is 14.0. The predicted octanol–water partition coefficient (Wildman–Crippen LogP) is 1.59. The van der Waals surface area contributed by atoms with Crippen molar-refractivity contribution in [1.82, 2.24) is 15.0 Å². The van der Waals surface area contributed by atoms with Crippen molar-refractivity contribution in [1.29, 1.82) is 0 Å². The highest BCUT2D eigenvalue weighted by atomic mass is 16.3. The van der Waals surface area contributed by atoms with E-state index >= 15 is 0 Å². The summed E-state index contributed by atoms with van der Waals surface area (Å²) in [5.74, 6) is 2.82. The molecule has 0 amide bonds. The van der Waals surface area contributed by atoms with Gasteiger partial charge >= 0.3 is 0 Å². The second-order valence-corrected chi connectivity index (χ2v) is 4.53. The Morgan fingerprint density at radius 1 is 1.26 bits per heavy atom. The summed E-state index contributed by atoms with van der Waals surface area (Å²) in [5, 5.41) is 3.14. The van der Waals surface area contributed by atoms with Crippen LogP contribution in [0.25, 0.3) is 0 Å². The zero-order valence-electron chi connectivity index (χ0n) is 11.5. The maximum atomic E-state index is 5.66. The van der Waals surface area contributed by atoms with Crippen LogP contribution in [0.1, 0.15) is 24.5 Å². The Hall–Kier alpha value is -2.31. The predicted molar refractivity (Wildman–Crippen MR) is 74.0 cm³/mol. The number of nitrogens with one attached hydrogen (secondary N) is 1. The molecule has 0 aliphatic heterocycles. The van der Waals surface area contributed by atoms with Gasteiger partial charge in [0.05, 0.1) is 6.04 Å². The lowest BCUT2D eigenvalue weighted by molar-refractivity contribution is 0.466. The lowest BCUT2D eigenvalue weighted by Crippen LogP contribution is -2.17. The molecule has 0 aliphatic carbocycles. The number of rotatable bonds is 4. The molecule has 1 unspecified atom stereocenters. The summed E-state index contributed by atoms with van der Waals surface area (Å²) >= 11 is 0. The van der Waals surface area contributed by atoms with E-state index in [1.807, 2.05) is 40.1 Å². The molecule has 0 aliphatic rings. The van der Waals surface area contributed by atoms with Crippen LogP contribution in [0.5, 0.6) is 0 Å². The van der Waals surface area contributed by atoms with Gasteiger partial charge in [-0.2, -0.15) is 15.0 Å². The Bertz CT molecular complexity index is 565. The maximum Gasteiger partial charge on any atom is 0.231 e. The van der Waals surface area contributed by atoms with E-state index in [1.54, 1.807) is 4.90 Å². The number of anilines is 3. The van der Waals surface area contributed by atoms with E-state index in [1.165, 1.54) is 0 Å². The largest absolute Gasteiger partial charge is 0.464 e. The summed E-state index contributed by atoms with van der Waals surface area (Å²) in [6, 6.07) is 3.79. The molecule has 1 atom stereocenters. The number of aryl methyl sites for hydroxylation is 1. The van der Waals surface area contributed by atoms with Crippen molar-refractivity contribution in [3.05, 3.63) is 23.7 Å². The molecule has 7 nitrogen and oxygen atoms in total. The van der Waals surface area contributed by atoms with Crippen molar-refractivity contribution < 1.29 is 4.42 Å². The second-order valence-electron chi connectivity index (χ2n) is 4.53. The highest BCUT2D eigenvalue weighted by Crippen LogP contribution is 2.20. The Morgan fingerprint density at radius 3 is 2.58 bits per heavy atom. The minimum atomic E-state index is -0.0505. The summed E-state index contributed by atoms with van der Waals surface area (Å²) in [4.78, 5) is 14.1. The average molecular weight is 262 g/mol. The molecule has 2 heterocycles. The quantitative estimate of drug-likeness (QED) is 0.864. The normalized spacial score (nSPS) is 12.2. The van der Waals surface area contributed by atoms with Gasteiger partial charge in [0.25, 0.3) is 0 Å². The van der Waals surface area contributed by atoms with E-state index in [9.17, 15) is 0 Å². The third-order valence-electron chi connectivity index (χ3n) is 2.57. The summed E-state index contributed by atoms with van der Waals surface area (Å²) in [7, 11) is 3.69. The molecule has 0 radical (unpaired) electrons. The first-order valence-corrected chi connectivity index (χ1v) is 5.97. The number of hydrogen-bond donors (Lipinski definition) is 2.